The van der Waals surface area contributed by atoms with E-state index >= 15 is 0 Å². The van der Waals surface area contributed by atoms with E-state index in [1.165, 1.54) is 65.4 Å². The van der Waals surface area contributed by atoms with Gasteiger partial charge in [-0.15, -0.1) is 0 Å². The summed E-state index contributed by atoms with van der Waals surface area (Å²) in [7, 11) is 2.16. The Kier molecular flexibility index (Phi) is 4.09. The first kappa shape index (κ1) is 21.1. The molecule has 0 atom stereocenters. The zero-order chi connectivity index (χ0) is 24.9. The minimum absolute atomic E-state index is 0.188. The summed E-state index contributed by atoms with van der Waals surface area (Å²) in [6, 6.07) is 22.0. The summed E-state index contributed by atoms with van der Waals surface area (Å²) in [5.41, 5.74) is 8.39. The number of aryl methyl sites for hydroxylation is 2. The Labute approximate surface area is 210 Å². The molecule has 7 aromatic rings. The molecule has 0 aliphatic rings. The molecule has 0 fully saturated rings. The van der Waals surface area contributed by atoms with Gasteiger partial charge in [-0.25, -0.2) is 9.41 Å². The van der Waals surface area contributed by atoms with E-state index in [0.29, 0.717) is 5.69 Å². The lowest BCUT2D eigenvalue weighted by molar-refractivity contribution is -0.643. The molecule has 0 saturated carbocycles. The fourth-order valence-electron chi connectivity index (χ4n) is 6.47. The fraction of sp³-hybridized carbons (Fsp3) is 0.212. The van der Waals surface area contributed by atoms with Crippen LogP contribution in [0.2, 0.25) is 0 Å². The normalized spacial score (nSPS) is 12.7. The summed E-state index contributed by atoms with van der Waals surface area (Å²) < 4.78 is 4.74. The Morgan fingerprint density at radius 1 is 0.861 bits per heavy atom. The Balaban J connectivity index is 1.88. The van der Waals surface area contributed by atoms with Crippen molar-refractivity contribution >= 4 is 65.5 Å². The Morgan fingerprint density at radius 2 is 1.64 bits per heavy atom. The molecule has 0 aliphatic carbocycles. The molecule has 0 amide bonds. The average Bonchev–Trinajstić information content (AvgIpc) is 3.18. The zero-order valence-electron chi connectivity index (χ0n) is 21.4. The van der Waals surface area contributed by atoms with Crippen molar-refractivity contribution < 1.29 is 4.57 Å². The largest absolute Gasteiger partial charge is 0.309 e. The first-order valence-corrected chi connectivity index (χ1v) is 12.6. The lowest BCUT2D eigenvalue weighted by Crippen LogP contribution is -2.29. The topological polar surface area (TPSA) is 12.6 Å². The van der Waals surface area contributed by atoms with E-state index in [-0.39, 0.29) is 5.41 Å². The molecule has 0 radical (unpaired) electrons. The average molecular weight is 467 g/mol. The summed E-state index contributed by atoms with van der Waals surface area (Å²) in [6.45, 7) is 16.9. The molecule has 3 heterocycles. The molecule has 3 nitrogen and oxygen atoms in total. The quantitative estimate of drug-likeness (QED) is 0.0997. The molecule has 0 saturated heterocycles. The monoisotopic (exact) mass is 466 g/mol. The van der Waals surface area contributed by atoms with E-state index in [0.717, 1.165) is 11.9 Å². The Morgan fingerprint density at radius 3 is 2.39 bits per heavy atom. The van der Waals surface area contributed by atoms with Crippen LogP contribution in [0.15, 0.2) is 66.9 Å². The van der Waals surface area contributed by atoms with Gasteiger partial charge in [0.15, 0.2) is 11.9 Å². The van der Waals surface area contributed by atoms with Crippen LogP contribution in [0.4, 0.5) is 5.69 Å². The number of rotatable bonds is 1. The Bertz CT molecular complexity index is 2080. The van der Waals surface area contributed by atoms with E-state index in [9.17, 15) is 0 Å². The molecule has 3 heteroatoms. The highest BCUT2D eigenvalue weighted by Gasteiger charge is 2.26. The molecular weight excluding hydrogens is 438 g/mol. The molecule has 3 aromatic heterocycles. The van der Waals surface area contributed by atoms with Gasteiger partial charge in [-0.1, -0.05) is 63.2 Å². The number of hydrogen-bond donors (Lipinski definition) is 0. The van der Waals surface area contributed by atoms with Crippen molar-refractivity contribution in [3.05, 3.63) is 89.4 Å². The number of pyridine rings is 2. The van der Waals surface area contributed by atoms with Gasteiger partial charge in [0.25, 0.3) is 0 Å². The molecule has 36 heavy (non-hydrogen) atoms. The maximum atomic E-state index is 7.71. The summed E-state index contributed by atoms with van der Waals surface area (Å²) >= 11 is 0. The molecule has 4 aromatic carbocycles. The van der Waals surface area contributed by atoms with Crippen LogP contribution < -0.4 is 4.57 Å². The standard InChI is InChI=1S/C33H28N3/c1-19-23-9-7-8-10-24(23)30-25-12-11-22(34-5)17-26(25)36-27-16-20(18-33(2,3)4)15-21-13-14-35(6)31(29(21)27)28(19)32(30)36/h7-17H,18H2,1-4,6H3/q+1. The summed E-state index contributed by atoms with van der Waals surface area (Å²) in [4.78, 5) is 3.79. The second kappa shape index (κ2) is 6.95. The minimum atomic E-state index is 0.188. The summed E-state index contributed by atoms with van der Waals surface area (Å²) in [6.07, 6.45) is 3.21. The van der Waals surface area contributed by atoms with Crippen LogP contribution in [0, 0.1) is 18.9 Å². The first-order valence-electron chi connectivity index (χ1n) is 12.6. The predicted octanol–water partition coefficient (Wildman–Crippen LogP) is 8.42. The number of nitrogens with zero attached hydrogens (tertiary/aromatic N) is 3. The highest BCUT2D eigenvalue weighted by atomic mass is 15.0. The third kappa shape index (κ3) is 2.70. The second-order valence-electron chi connectivity index (χ2n) is 11.5. The molecule has 174 valence electrons. The van der Waals surface area contributed by atoms with Crippen molar-refractivity contribution in [2.24, 2.45) is 12.5 Å². The van der Waals surface area contributed by atoms with Gasteiger partial charge >= 0.3 is 0 Å². The van der Waals surface area contributed by atoms with Gasteiger partial charge in [0.05, 0.1) is 28.4 Å². The van der Waals surface area contributed by atoms with Gasteiger partial charge in [0.2, 0.25) is 5.52 Å². The van der Waals surface area contributed by atoms with Gasteiger partial charge in [-0.3, -0.25) is 0 Å². The number of hydrogen-bond acceptors (Lipinski definition) is 0. The smallest absolute Gasteiger partial charge is 0.224 e. The van der Waals surface area contributed by atoms with Crippen molar-refractivity contribution in [3.8, 4) is 0 Å². The SMILES string of the molecule is [C-]#[N+]c1ccc2c3c4ccccc4c(C)c4c3n(c2c1)c1cc(CC(C)(C)C)cc2cc[n+](C)c4c21. The second-order valence-corrected chi connectivity index (χ2v) is 11.5. The number of aromatic nitrogens is 2. The van der Waals surface area contributed by atoms with Crippen LogP contribution in [-0.4, -0.2) is 4.40 Å². The Hall–Kier alpha value is -4.16. The molecule has 0 bridgehead atoms. The van der Waals surface area contributed by atoms with Crippen molar-refractivity contribution in [1.29, 1.82) is 0 Å². The molecule has 0 unspecified atom stereocenters. The summed E-state index contributed by atoms with van der Waals surface area (Å²) in [5, 5.41) is 8.91. The molecule has 7 rings (SSSR count). The maximum Gasteiger partial charge on any atom is 0.224 e. The van der Waals surface area contributed by atoms with Gasteiger partial charge in [0, 0.05) is 22.4 Å². The van der Waals surface area contributed by atoms with Crippen LogP contribution in [-0.2, 0) is 13.5 Å². The molecule has 0 N–H and O–H groups in total. The molecular formula is C33H28N3+. The third-order valence-electron chi connectivity index (χ3n) is 7.78. The van der Waals surface area contributed by atoms with Crippen molar-refractivity contribution in [2.75, 3.05) is 0 Å². The van der Waals surface area contributed by atoms with Gasteiger partial charge < -0.3 is 4.40 Å². The molecule has 0 spiro atoms. The van der Waals surface area contributed by atoms with Crippen LogP contribution in [0.3, 0.4) is 0 Å². The number of fused-ring (bicyclic) bond motifs is 7. The van der Waals surface area contributed by atoms with Crippen LogP contribution in [0.25, 0.3) is 64.6 Å². The van der Waals surface area contributed by atoms with E-state index in [1.807, 2.05) is 6.07 Å². The van der Waals surface area contributed by atoms with Crippen molar-refractivity contribution in [3.63, 3.8) is 0 Å². The maximum absolute atomic E-state index is 7.71. The van der Waals surface area contributed by atoms with Gasteiger partial charge in [-0.2, -0.15) is 0 Å². The first-order chi connectivity index (χ1) is 17.3. The van der Waals surface area contributed by atoms with E-state index in [1.54, 1.807) is 0 Å². The summed E-state index contributed by atoms with van der Waals surface area (Å²) in [5.74, 6) is 0. The van der Waals surface area contributed by atoms with Crippen molar-refractivity contribution in [1.82, 2.24) is 4.40 Å². The van der Waals surface area contributed by atoms with Gasteiger partial charge in [0.1, 0.15) is 7.05 Å². The highest BCUT2D eigenvalue weighted by Crippen LogP contribution is 2.45. The van der Waals surface area contributed by atoms with E-state index in [2.05, 4.69) is 109 Å². The fourth-order valence-corrected chi connectivity index (χ4v) is 6.47. The lowest BCUT2D eigenvalue weighted by Gasteiger charge is -2.20. The number of benzene rings is 4. The van der Waals surface area contributed by atoms with Crippen LogP contribution >= 0.6 is 0 Å². The third-order valence-corrected chi connectivity index (χ3v) is 7.78. The minimum Gasteiger partial charge on any atom is -0.309 e. The highest BCUT2D eigenvalue weighted by molar-refractivity contribution is 6.33. The molecule has 0 aliphatic heterocycles. The van der Waals surface area contributed by atoms with Gasteiger partial charge in [-0.05, 0) is 58.2 Å². The van der Waals surface area contributed by atoms with E-state index < -0.39 is 0 Å². The van der Waals surface area contributed by atoms with Crippen molar-refractivity contribution in [2.45, 2.75) is 34.1 Å². The van der Waals surface area contributed by atoms with Crippen LogP contribution in [0.1, 0.15) is 31.9 Å². The zero-order valence-corrected chi connectivity index (χ0v) is 21.4. The lowest BCUT2D eigenvalue weighted by atomic mass is 9.87. The predicted molar refractivity (Wildman–Crippen MR) is 151 cm³/mol. The van der Waals surface area contributed by atoms with E-state index in [4.69, 9.17) is 6.57 Å². The van der Waals surface area contributed by atoms with Crippen LogP contribution in [0.5, 0.6) is 0 Å².